The Bertz CT molecular complexity index is 578. The number of carbonyl (C=O) groups is 1. The normalized spacial score (nSPS) is 13.4. The van der Waals surface area contributed by atoms with E-state index in [1.165, 1.54) is 12.1 Å². The van der Waals surface area contributed by atoms with E-state index in [0.717, 1.165) is 6.07 Å². The first-order valence-corrected chi connectivity index (χ1v) is 7.62. The van der Waals surface area contributed by atoms with E-state index in [-0.39, 0.29) is 17.2 Å². The summed E-state index contributed by atoms with van der Waals surface area (Å²) in [7, 11) is -4.07. The van der Waals surface area contributed by atoms with Gasteiger partial charge in [-0.15, -0.1) is 0 Å². The first-order valence-electron chi connectivity index (χ1n) is 6.14. The van der Waals surface area contributed by atoms with Gasteiger partial charge in [-0.2, -0.15) is 4.72 Å². The van der Waals surface area contributed by atoms with Gasteiger partial charge in [0.2, 0.25) is 10.0 Å². The van der Waals surface area contributed by atoms with E-state index >= 15 is 0 Å². The fraction of sp³-hybridized carbons (Fsp3) is 0.462. The number of hydrogen-bond donors (Lipinski definition) is 2. The van der Waals surface area contributed by atoms with E-state index in [1.807, 2.05) is 0 Å². The van der Waals surface area contributed by atoms with Gasteiger partial charge in [-0.3, -0.25) is 4.79 Å². The van der Waals surface area contributed by atoms with Crippen LogP contribution in [0, 0.1) is 18.7 Å². The molecule has 0 aliphatic heterocycles. The molecule has 20 heavy (non-hydrogen) atoms. The van der Waals surface area contributed by atoms with Gasteiger partial charge < -0.3 is 5.11 Å². The Morgan fingerprint density at radius 1 is 1.35 bits per heavy atom. The minimum absolute atomic E-state index is 0.00745. The third kappa shape index (κ3) is 4.57. The lowest BCUT2D eigenvalue weighted by Crippen LogP contribution is -2.41. The van der Waals surface area contributed by atoms with Crippen molar-refractivity contribution in [1.82, 2.24) is 4.72 Å². The number of sulfonamides is 1. The Morgan fingerprint density at radius 2 is 1.95 bits per heavy atom. The monoisotopic (exact) mass is 303 g/mol. The van der Waals surface area contributed by atoms with Crippen molar-refractivity contribution in [1.29, 1.82) is 0 Å². The number of hydrogen-bond acceptors (Lipinski definition) is 3. The number of halogens is 1. The van der Waals surface area contributed by atoms with Crippen LogP contribution < -0.4 is 4.72 Å². The molecule has 0 bridgehead atoms. The van der Waals surface area contributed by atoms with Crippen LogP contribution in [0.2, 0.25) is 0 Å². The number of aryl methyl sites for hydroxylation is 1. The van der Waals surface area contributed by atoms with Crippen LogP contribution in [-0.2, 0) is 14.8 Å². The molecule has 0 spiro atoms. The average Bonchev–Trinajstić information content (AvgIpc) is 2.25. The summed E-state index contributed by atoms with van der Waals surface area (Å²) in [4.78, 5) is 10.8. The van der Waals surface area contributed by atoms with Crippen LogP contribution in [0.5, 0.6) is 0 Å². The van der Waals surface area contributed by atoms with Gasteiger partial charge >= 0.3 is 5.97 Å². The Balaban J connectivity index is 3.06. The van der Waals surface area contributed by atoms with Gasteiger partial charge in [0.25, 0.3) is 0 Å². The molecule has 2 N–H and O–H groups in total. The summed E-state index contributed by atoms with van der Waals surface area (Å²) in [6.07, 6.45) is 0.156. The Morgan fingerprint density at radius 3 is 2.40 bits per heavy atom. The molecule has 5 nitrogen and oxygen atoms in total. The SMILES string of the molecule is Cc1cc(F)cc(S(=O)(=O)NC(CC(C)C)C(=O)O)c1. The molecule has 0 amide bonds. The predicted molar refractivity (Wildman–Crippen MR) is 72.3 cm³/mol. The summed E-state index contributed by atoms with van der Waals surface area (Å²) in [5.41, 5.74) is 0.445. The summed E-state index contributed by atoms with van der Waals surface area (Å²) in [5, 5.41) is 9.04. The fourth-order valence-corrected chi connectivity index (χ4v) is 3.10. The highest BCUT2D eigenvalue weighted by Crippen LogP contribution is 2.15. The second-order valence-electron chi connectivity index (χ2n) is 5.11. The van der Waals surface area contributed by atoms with Crippen LogP contribution in [0.15, 0.2) is 23.1 Å². The Kier molecular flexibility index (Phi) is 5.24. The van der Waals surface area contributed by atoms with Crippen LogP contribution in [0.4, 0.5) is 4.39 Å². The molecule has 1 rings (SSSR count). The third-order valence-electron chi connectivity index (χ3n) is 2.63. The first-order chi connectivity index (χ1) is 9.11. The minimum Gasteiger partial charge on any atom is -0.480 e. The Labute approximate surface area is 117 Å². The maximum atomic E-state index is 13.3. The maximum absolute atomic E-state index is 13.3. The van der Waals surface area contributed by atoms with Crippen molar-refractivity contribution in [3.05, 3.63) is 29.6 Å². The van der Waals surface area contributed by atoms with E-state index in [1.54, 1.807) is 20.8 Å². The standard InChI is InChI=1S/C13H18FNO4S/c1-8(2)4-12(13(16)17)15-20(18,19)11-6-9(3)5-10(14)7-11/h5-8,12,15H,4H2,1-3H3,(H,16,17). The van der Waals surface area contributed by atoms with E-state index in [9.17, 15) is 17.6 Å². The summed E-state index contributed by atoms with van der Waals surface area (Å²) in [5.74, 6) is -1.93. The van der Waals surface area contributed by atoms with Gasteiger partial charge in [-0.25, -0.2) is 12.8 Å². The molecule has 7 heteroatoms. The fourth-order valence-electron chi connectivity index (χ4n) is 1.78. The van der Waals surface area contributed by atoms with Crippen LogP contribution in [0.3, 0.4) is 0 Å². The lowest BCUT2D eigenvalue weighted by atomic mass is 10.1. The van der Waals surface area contributed by atoms with Gasteiger partial charge in [0, 0.05) is 0 Å². The number of nitrogens with one attached hydrogen (secondary N) is 1. The summed E-state index contributed by atoms with van der Waals surface area (Å²) >= 11 is 0. The van der Waals surface area contributed by atoms with E-state index in [4.69, 9.17) is 5.11 Å². The summed E-state index contributed by atoms with van der Waals surface area (Å²) < 4.78 is 39.5. The third-order valence-corrected chi connectivity index (χ3v) is 4.08. The van der Waals surface area contributed by atoms with Gasteiger partial charge in [0.1, 0.15) is 11.9 Å². The van der Waals surface area contributed by atoms with Gasteiger partial charge in [0.15, 0.2) is 0 Å². The van der Waals surface area contributed by atoms with Crippen molar-refractivity contribution in [2.75, 3.05) is 0 Å². The van der Waals surface area contributed by atoms with Crippen molar-refractivity contribution in [3.63, 3.8) is 0 Å². The number of carboxylic acid groups (broad SMARTS) is 1. The molecule has 0 aromatic heterocycles. The second-order valence-corrected chi connectivity index (χ2v) is 6.82. The largest absolute Gasteiger partial charge is 0.480 e. The molecule has 0 aliphatic carbocycles. The molecule has 1 aromatic rings. The molecule has 1 aromatic carbocycles. The van der Waals surface area contributed by atoms with Crippen LogP contribution in [-0.4, -0.2) is 25.5 Å². The van der Waals surface area contributed by atoms with Crippen molar-refractivity contribution < 1.29 is 22.7 Å². The van der Waals surface area contributed by atoms with E-state index in [2.05, 4.69) is 4.72 Å². The summed E-state index contributed by atoms with van der Waals surface area (Å²) in [6.45, 7) is 5.14. The van der Waals surface area contributed by atoms with E-state index < -0.39 is 27.9 Å². The zero-order valence-corrected chi connectivity index (χ0v) is 12.4. The molecule has 0 aliphatic rings. The number of benzene rings is 1. The molecular weight excluding hydrogens is 285 g/mol. The zero-order chi connectivity index (χ0) is 15.5. The van der Waals surface area contributed by atoms with Crippen molar-refractivity contribution in [2.45, 2.75) is 38.1 Å². The lowest BCUT2D eigenvalue weighted by Gasteiger charge is -2.16. The highest BCUT2D eigenvalue weighted by atomic mass is 32.2. The molecule has 0 fully saturated rings. The predicted octanol–water partition coefficient (Wildman–Crippen LogP) is 1.91. The van der Waals surface area contributed by atoms with Crippen molar-refractivity contribution in [2.24, 2.45) is 5.92 Å². The van der Waals surface area contributed by atoms with Gasteiger partial charge in [-0.1, -0.05) is 13.8 Å². The number of aliphatic carboxylic acids is 1. The van der Waals surface area contributed by atoms with E-state index in [0.29, 0.717) is 5.56 Å². The lowest BCUT2D eigenvalue weighted by molar-refractivity contribution is -0.139. The molecule has 0 saturated carbocycles. The average molecular weight is 303 g/mol. The Hall–Kier alpha value is -1.47. The topological polar surface area (TPSA) is 83.5 Å². The summed E-state index contributed by atoms with van der Waals surface area (Å²) in [6, 6.07) is 2.12. The highest BCUT2D eigenvalue weighted by molar-refractivity contribution is 7.89. The number of rotatable bonds is 6. The highest BCUT2D eigenvalue weighted by Gasteiger charge is 2.26. The van der Waals surface area contributed by atoms with Gasteiger partial charge in [-0.05, 0) is 43.0 Å². The van der Waals surface area contributed by atoms with Crippen LogP contribution >= 0.6 is 0 Å². The number of carboxylic acids is 1. The second kappa shape index (κ2) is 6.32. The molecule has 112 valence electrons. The van der Waals surface area contributed by atoms with Gasteiger partial charge in [0.05, 0.1) is 4.90 Å². The molecule has 0 radical (unpaired) electrons. The molecule has 1 atom stereocenters. The minimum atomic E-state index is -4.07. The van der Waals surface area contributed by atoms with Crippen molar-refractivity contribution in [3.8, 4) is 0 Å². The first kappa shape index (κ1) is 16.6. The quantitative estimate of drug-likeness (QED) is 0.841. The van der Waals surface area contributed by atoms with Crippen LogP contribution in [0.1, 0.15) is 25.8 Å². The van der Waals surface area contributed by atoms with Crippen molar-refractivity contribution >= 4 is 16.0 Å². The maximum Gasteiger partial charge on any atom is 0.321 e. The molecule has 0 heterocycles. The van der Waals surface area contributed by atoms with Crippen LogP contribution in [0.25, 0.3) is 0 Å². The molecule has 1 unspecified atom stereocenters. The smallest absolute Gasteiger partial charge is 0.321 e. The zero-order valence-electron chi connectivity index (χ0n) is 11.6. The molecule has 0 saturated heterocycles. The molecular formula is C13H18FNO4S.